The summed E-state index contributed by atoms with van der Waals surface area (Å²) < 4.78 is 0. The highest BCUT2D eigenvalue weighted by Crippen LogP contribution is 2.53. The predicted molar refractivity (Wildman–Crippen MR) is 218 cm³/mol. The van der Waals surface area contributed by atoms with Crippen molar-refractivity contribution < 1.29 is 0 Å². The smallest absolute Gasteiger partial charge is 0.0788 e. The van der Waals surface area contributed by atoms with Gasteiger partial charge < -0.3 is 9.80 Å². The number of nitrogens with zero attached hydrogens (tertiary/aromatic N) is 2. The second-order valence-corrected chi connectivity index (χ2v) is 13.6. The van der Waals surface area contributed by atoms with Gasteiger partial charge in [-0.2, -0.15) is 0 Å². The number of unbranched alkanes of at least 4 members (excludes halogenated alkanes) is 2. The molecule has 0 saturated heterocycles. The first-order valence-electron chi connectivity index (χ1n) is 18.4. The minimum atomic E-state index is 1.10. The van der Waals surface area contributed by atoms with E-state index in [0.717, 1.165) is 24.2 Å². The van der Waals surface area contributed by atoms with Gasteiger partial charge in [-0.3, -0.25) is 0 Å². The van der Waals surface area contributed by atoms with Crippen LogP contribution < -0.4 is 9.80 Å². The van der Waals surface area contributed by atoms with Crippen molar-refractivity contribution in [1.29, 1.82) is 0 Å². The lowest BCUT2D eigenvalue weighted by Gasteiger charge is -2.36. The summed E-state index contributed by atoms with van der Waals surface area (Å²) in [5.41, 5.74) is 12.2. The van der Waals surface area contributed by atoms with Gasteiger partial charge in [0.1, 0.15) is 0 Å². The monoisotopic (exact) mass is 652 g/mol. The minimum absolute atomic E-state index is 1.10. The number of hydrogen-bond acceptors (Lipinski definition) is 2. The summed E-state index contributed by atoms with van der Waals surface area (Å²) >= 11 is 0. The van der Waals surface area contributed by atoms with E-state index in [-0.39, 0.29) is 0 Å². The number of fused-ring (bicyclic) bond motifs is 3. The van der Waals surface area contributed by atoms with Crippen LogP contribution in [-0.4, -0.2) is 0 Å². The van der Waals surface area contributed by atoms with E-state index in [1.54, 1.807) is 0 Å². The molecule has 0 aliphatic carbocycles. The Morgan fingerprint density at radius 2 is 0.720 bits per heavy atom. The van der Waals surface area contributed by atoms with Crippen molar-refractivity contribution in [3.05, 3.63) is 168 Å². The molecule has 0 N–H and O–H groups in total. The van der Waals surface area contributed by atoms with Crippen molar-refractivity contribution in [3.63, 3.8) is 0 Å². The lowest BCUT2D eigenvalue weighted by molar-refractivity contribution is 0.795. The molecule has 0 amide bonds. The average molecular weight is 653 g/mol. The van der Waals surface area contributed by atoms with Gasteiger partial charge in [0, 0.05) is 33.5 Å². The van der Waals surface area contributed by atoms with Gasteiger partial charge in [0.15, 0.2) is 0 Å². The van der Waals surface area contributed by atoms with Crippen molar-refractivity contribution in [2.45, 2.75) is 66.2 Å². The number of benzene rings is 7. The summed E-state index contributed by atoms with van der Waals surface area (Å²) in [6.07, 6.45) is 6.97. The van der Waals surface area contributed by atoms with Gasteiger partial charge in [-0.15, -0.1) is 0 Å². The van der Waals surface area contributed by atoms with Crippen LogP contribution in [0.25, 0.3) is 21.5 Å². The van der Waals surface area contributed by atoms with Crippen LogP contribution in [0, 0.1) is 13.8 Å². The lowest BCUT2D eigenvalue weighted by atomic mass is 9.94. The topological polar surface area (TPSA) is 6.48 Å². The molecule has 2 heteroatoms. The Kier molecular flexibility index (Phi) is 9.98. The van der Waals surface area contributed by atoms with Gasteiger partial charge in [-0.1, -0.05) is 136 Å². The average Bonchev–Trinajstić information content (AvgIpc) is 3.16. The summed E-state index contributed by atoms with van der Waals surface area (Å²) in [4.78, 5) is 5.04. The van der Waals surface area contributed by atoms with Crippen LogP contribution in [0.5, 0.6) is 0 Å². The Bertz CT molecular complexity index is 2050. The normalized spacial score (nSPS) is 11.3. The maximum Gasteiger partial charge on any atom is 0.0788 e. The standard InChI is InChI=1S/C48H48N2/c1-5-7-19-37-27-31-39(32-28-37)49(45-25-15-9-17-35(45)3)47-43-23-13-11-21-41(43)42-22-12-14-24-44(42)48(47)50(46-26-16-10-18-36(46)4)40-33-29-38(30-34-40)20-8-6-2/h9-18,21-34H,5-8,19-20H2,1-4H3. The quantitative estimate of drug-likeness (QED) is 0.0957. The number of rotatable bonds is 12. The lowest BCUT2D eigenvalue weighted by Crippen LogP contribution is -2.19. The fraction of sp³-hybridized carbons (Fsp3) is 0.208. The largest absolute Gasteiger partial charge is 0.308 e. The van der Waals surface area contributed by atoms with E-state index in [0.29, 0.717) is 0 Å². The fourth-order valence-corrected chi connectivity index (χ4v) is 7.35. The van der Waals surface area contributed by atoms with E-state index < -0.39 is 0 Å². The van der Waals surface area contributed by atoms with E-state index in [1.807, 2.05) is 0 Å². The van der Waals surface area contributed by atoms with Crippen LogP contribution in [0.4, 0.5) is 34.1 Å². The molecular weight excluding hydrogens is 605 g/mol. The Hall–Kier alpha value is -5.34. The highest BCUT2D eigenvalue weighted by molar-refractivity contribution is 6.23. The van der Waals surface area contributed by atoms with Gasteiger partial charge in [0.25, 0.3) is 0 Å². The maximum absolute atomic E-state index is 2.52. The molecule has 2 nitrogen and oxygen atoms in total. The van der Waals surface area contributed by atoms with Crippen molar-refractivity contribution in [2.75, 3.05) is 9.80 Å². The van der Waals surface area contributed by atoms with Gasteiger partial charge >= 0.3 is 0 Å². The zero-order chi connectivity index (χ0) is 34.5. The molecule has 0 aromatic heterocycles. The van der Waals surface area contributed by atoms with Gasteiger partial charge in [-0.25, -0.2) is 0 Å². The Morgan fingerprint density at radius 3 is 1.08 bits per heavy atom. The first kappa shape index (κ1) is 33.2. The van der Waals surface area contributed by atoms with Crippen molar-refractivity contribution >= 4 is 55.7 Å². The third kappa shape index (κ3) is 6.51. The molecule has 0 saturated carbocycles. The van der Waals surface area contributed by atoms with Gasteiger partial charge in [0.05, 0.1) is 11.4 Å². The van der Waals surface area contributed by atoms with E-state index in [9.17, 15) is 0 Å². The van der Waals surface area contributed by atoms with Crippen LogP contribution in [0.2, 0.25) is 0 Å². The molecule has 0 spiro atoms. The molecule has 0 unspecified atom stereocenters. The summed E-state index contributed by atoms with van der Waals surface area (Å²) in [5, 5.41) is 4.94. The molecule has 0 atom stereocenters. The number of anilines is 6. The number of hydrogen-bond donors (Lipinski definition) is 0. The molecule has 7 aromatic rings. The van der Waals surface area contributed by atoms with E-state index >= 15 is 0 Å². The summed E-state index contributed by atoms with van der Waals surface area (Å²) in [6, 6.07) is 54.2. The maximum atomic E-state index is 2.52. The van der Waals surface area contributed by atoms with Crippen LogP contribution in [0.3, 0.4) is 0 Å². The van der Waals surface area contributed by atoms with Crippen molar-refractivity contribution in [3.8, 4) is 0 Å². The molecule has 50 heavy (non-hydrogen) atoms. The first-order chi connectivity index (χ1) is 24.6. The van der Waals surface area contributed by atoms with Crippen LogP contribution in [0.15, 0.2) is 146 Å². The third-order valence-corrected chi connectivity index (χ3v) is 10.1. The van der Waals surface area contributed by atoms with Gasteiger partial charge in [-0.05, 0) is 109 Å². The van der Waals surface area contributed by atoms with E-state index in [2.05, 4.69) is 183 Å². The molecule has 250 valence electrons. The molecule has 0 fully saturated rings. The predicted octanol–water partition coefficient (Wildman–Crippen LogP) is 14.2. The molecule has 0 aliphatic heterocycles. The summed E-state index contributed by atoms with van der Waals surface area (Å²) in [7, 11) is 0. The van der Waals surface area contributed by atoms with Crippen LogP contribution in [-0.2, 0) is 12.8 Å². The second kappa shape index (κ2) is 15.0. The Balaban J connectivity index is 1.60. The molecule has 7 rings (SSSR count). The minimum Gasteiger partial charge on any atom is -0.308 e. The highest BCUT2D eigenvalue weighted by atomic mass is 15.2. The molecular formula is C48H48N2. The van der Waals surface area contributed by atoms with Crippen LogP contribution in [0.1, 0.15) is 61.8 Å². The Labute approximate surface area is 298 Å². The molecule has 0 bridgehead atoms. The van der Waals surface area contributed by atoms with Crippen LogP contribution >= 0.6 is 0 Å². The zero-order valence-corrected chi connectivity index (χ0v) is 30.0. The highest BCUT2D eigenvalue weighted by Gasteiger charge is 2.28. The summed E-state index contributed by atoms with van der Waals surface area (Å²) in [5.74, 6) is 0. The second-order valence-electron chi connectivity index (χ2n) is 13.6. The Morgan fingerprint density at radius 1 is 0.380 bits per heavy atom. The summed E-state index contributed by atoms with van der Waals surface area (Å²) in [6.45, 7) is 8.99. The van der Waals surface area contributed by atoms with Crippen molar-refractivity contribution in [2.24, 2.45) is 0 Å². The molecule has 0 heterocycles. The molecule has 0 radical (unpaired) electrons. The van der Waals surface area contributed by atoms with E-state index in [4.69, 9.17) is 0 Å². The van der Waals surface area contributed by atoms with Gasteiger partial charge in [0.2, 0.25) is 0 Å². The number of para-hydroxylation sites is 2. The third-order valence-electron chi connectivity index (χ3n) is 10.1. The first-order valence-corrected chi connectivity index (χ1v) is 18.4. The fourth-order valence-electron chi connectivity index (χ4n) is 7.35. The number of aryl methyl sites for hydroxylation is 4. The zero-order valence-electron chi connectivity index (χ0n) is 30.0. The van der Waals surface area contributed by atoms with E-state index in [1.165, 1.54) is 92.2 Å². The van der Waals surface area contributed by atoms with Crippen molar-refractivity contribution in [1.82, 2.24) is 0 Å². The molecule has 7 aromatic carbocycles. The molecule has 0 aliphatic rings. The SMILES string of the molecule is CCCCc1ccc(N(c2ccccc2C)c2c(N(c3ccc(CCCC)cc3)c3ccccc3C)c3ccccc3c3ccccc23)cc1.